The van der Waals surface area contributed by atoms with Crippen molar-refractivity contribution in [1.82, 2.24) is 14.4 Å². The van der Waals surface area contributed by atoms with Crippen LogP contribution in [-0.2, 0) is 0 Å². The van der Waals surface area contributed by atoms with E-state index in [1.807, 2.05) is 16.8 Å². The topological polar surface area (TPSA) is 39.4 Å². The largest absolute Gasteiger partial charge is 0.487 e. The molecule has 3 rings (SSSR count). The van der Waals surface area contributed by atoms with Crippen LogP contribution in [0.25, 0.3) is 5.78 Å². The molecule has 2 heterocycles. The summed E-state index contributed by atoms with van der Waals surface area (Å²) in [6, 6.07) is 0. The molecule has 0 unspecified atom stereocenters. The van der Waals surface area contributed by atoms with Crippen molar-refractivity contribution >= 4 is 5.78 Å². The summed E-state index contributed by atoms with van der Waals surface area (Å²) in [5, 5.41) is 0. The zero-order valence-corrected chi connectivity index (χ0v) is 9.17. The van der Waals surface area contributed by atoms with E-state index in [-0.39, 0.29) is 0 Å². The summed E-state index contributed by atoms with van der Waals surface area (Å²) >= 11 is 0. The zero-order valence-electron chi connectivity index (χ0n) is 9.17. The fraction of sp³-hybridized carbons (Fsp3) is 0.500. The van der Waals surface area contributed by atoms with Gasteiger partial charge in [0.05, 0.1) is 18.5 Å². The Balaban J connectivity index is 1.77. The van der Waals surface area contributed by atoms with Crippen molar-refractivity contribution in [1.29, 1.82) is 0 Å². The van der Waals surface area contributed by atoms with Gasteiger partial charge in [-0.15, -0.1) is 0 Å². The van der Waals surface area contributed by atoms with Gasteiger partial charge in [-0.1, -0.05) is 6.42 Å². The normalized spacial score (nSPS) is 17.8. The molecule has 16 heavy (non-hydrogen) atoms. The molecule has 1 saturated carbocycles. The van der Waals surface area contributed by atoms with Crippen LogP contribution in [0, 0.1) is 0 Å². The number of fused-ring (bicyclic) bond motifs is 1. The van der Waals surface area contributed by atoms with E-state index in [4.69, 9.17) is 4.74 Å². The predicted molar refractivity (Wildman–Crippen MR) is 60.5 cm³/mol. The highest BCUT2D eigenvalue weighted by atomic mass is 16.5. The third kappa shape index (κ3) is 1.87. The van der Waals surface area contributed by atoms with Gasteiger partial charge in [0.2, 0.25) is 5.78 Å². The van der Waals surface area contributed by atoms with Gasteiger partial charge in [0.15, 0.2) is 5.75 Å². The molecule has 0 radical (unpaired) electrons. The van der Waals surface area contributed by atoms with Gasteiger partial charge in [-0.25, -0.2) is 9.97 Å². The zero-order chi connectivity index (χ0) is 10.8. The van der Waals surface area contributed by atoms with Crippen LogP contribution in [0.4, 0.5) is 0 Å². The van der Waals surface area contributed by atoms with Gasteiger partial charge in [0.25, 0.3) is 0 Å². The monoisotopic (exact) mass is 217 g/mol. The summed E-state index contributed by atoms with van der Waals surface area (Å²) in [6.07, 6.45) is 14.0. The molecule has 1 aliphatic carbocycles. The lowest BCUT2D eigenvalue weighted by molar-refractivity contribution is 0.154. The summed E-state index contributed by atoms with van der Waals surface area (Å²) in [4.78, 5) is 8.34. The molecule has 1 aliphatic rings. The van der Waals surface area contributed by atoms with Gasteiger partial charge < -0.3 is 4.74 Å². The van der Waals surface area contributed by atoms with Crippen molar-refractivity contribution in [2.45, 2.75) is 38.2 Å². The van der Waals surface area contributed by atoms with E-state index in [9.17, 15) is 0 Å². The average Bonchev–Trinajstić information content (AvgIpc) is 2.77. The molecule has 0 saturated heterocycles. The molecule has 0 bridgehead atoms. The van der Waals surface area contributed by atoms with Crippen molar-refractivity contribution < 1.29 is 4.74 Å². The van der Waals surface area contributed by atoms with Gasteiger partial charge in [0, 0.05) is 12.4 Å². The van der Waals surface area contributed by atoms with Gasteiger partial charge in [-0.05, 0) is 25.7 Å². The van der Waals surface area contributed by atoms with Crippen LogP contribution in [0.15, 0.2) is 24.8 Å². The number of ether oxygens (including phenoxy) is 1. The summed E-state index contributed by atoms with van der Waals surface area (Å²) in [5.74, 6) is 1.56. The van der Waals surface area contributed by atoms with Crippen LogP contribution in [-0.4, -0.2) is 20.5 Å². The van der Waals surface area contributed by atoms with Crippen LogP contribution in [0.3, 0.4) is 0 Å². The van der Waals surface area contributed by atoms with E-state index in [1.165, 1.54) is 32.1 Å². The van der Waals surface area contributed by atoms with E-state index in [2.05, 4.69) is 9.97 Å². The summed E-state index contributed by atoms with van der Waals surface area (Å²) in [5.41, 5.74) is 0. The quantitative estimate of drug-likeness (QED) is 0.775. The molecule has 0 amide bonds. The molecule has 0 aromatic carbocycles. The number of nitrogens with zero attached hydrogens (tertiary/aromatic N) is 3. The number of hydrogen-bond donors (Lipinski definition) is 0. The molecule has 4 nitrogen and oxygen atoms in total. The standard InChI is InChI=1S/C12H15N3O/c1-2-4-10(5-3-1)16-11-8-14-12-13-6-7-15(12)9-11/h6-10H,1-5H2. The molecular formula is C12H15N3O. The van der Waals surface area contributed by atoms with Crippen LogP contribution in [0.1, 0.15) is 32.1 Å². The summed E-state index contributed by atoms with van der Waals surface area (Å²) in [7, 11) is 0. The minimum Gasteiger partial charge on any atom is -0.487 e. The minimum absolute atomic E-state index is 0.372. The van der Waals surface area contributed by atoms with E-state index in [1.54, 1.807) is 12.4 Å². The van der Waals surface area contributed by atoms with Gasteiger partial charge in [-0.3, -0.25) is 4.40 Å². The average molecular weight is 217 g/mol. The lowest BCUT2D eigenvalue weighted by atomic mass is 9.98. The Hall–Kier alpha value is -1.58. The smallest absolute Gasteiger partial charge is 0.233 e. The highest BCUT2D eigenvalue weighted by Gasteiger charge is 2.15. The number of aromatic nitrogens is 3. The fourth-order valence-electron chi connectivity index (χ4n) is 2.23. The molecule has 0 spiro atoms. The van der Waals surface area contributed by atoms with Crippen molar-refractivity contribution in [2.24, 2.45) is 0 Å². The second-order valence-corrected chi connectivity index (χ2v) is 4.30. The maximum atomic E-state index is 5.92. The molecule has 4 heteroatoms. The van der Waals surface area contributed by atoms with Gasteiger partial charge in [0.1, 0.15) is 0 Å². The predicted octanol–water partition coefficient (Wildman–Crippen LogP) is 2.44. The van der Waals surface area contributed by atoms with E-state index >= 15 is 0 Å². The lowest BCUT2D eigenvalue weighted by Crippen LogP contribution is -2.19. The molecular weight excluding hydrogens is 202 g/mol. The van der Waals surface area contributed by atoms with Crippen molar-refractivity contribution in [3.8, 4) is 5.75 Å². The highest BCUT2D eigenvalue weighted by Crippen LogP contribution is 2.22. The third-order valence-electron chi connectivity index (χ3n) is 3.08. The van der Waals surface area contributed by atoms with Crippen molar-refractivity contribution in [3.05, 3.63) is 24.8 Å². The number of rotatable bonds is 2. The SMILES string of the molecule is c1cn2cc(OC3CCCCC3)cnc2n1. The van der Waals surface area contributed by atoms with Gasteiger partial charge in [-0.2, -0.15) is 0 Å². The fourth-order valence-corrected chi connectivity index (χ4v) is 2.23. The second kappa shape index (κ2) is 4.12. The summed E-state index contributed by atoms with van der Waals surface area (Å²) in [6.45, 7) is 0. The Morgan fingerprint density at radius 1 is 1.19 bits per heavy atom. The maximum Gasteiger partial charge on any atom is 0.233 e. The molecule has 0 atom stereocenters. The van der Waals surface area contributed by atoms with E-state index in [0.29, 0.717) is 6.10 Å². The number of hydrogen-bond acceptors (Lipinski definition) is 3. The molecule has 84 valence electrons. The lowest BCUT2D eigenvalue weighted by Gasteiger charge is -2.22. The first-order valence-electron chi connectivity index (χ1n) is 5.87. The maximum absolute atomic E-state index is 5.92. The molecule has 1 fully saturated rings. The molecule has 0 N–H and O–H groups in total. The Morgan fingerprint density at radius 2 is 2.06 bits per heavy atom. The van der Waals surface area contributed by atoms with Crippen LogP contribution >= 0.6 is 0 Å². The van der Waals surface area contributed by atoms with Crippen LogP contribution in [0.5, 0.6) is 5.75 Å². The first-order chi connectivity index (χ1) is 7.92. The van der Waals surface area contributed by atoms with E-state index in [0.717, 1.165) is 11.5 Å². The first kappa shape index (κ1) is 9.63. The second-order valence-electron chi connectivity index (χ2n) is 4.30. The minimum atomic E-state index is 0.372. The summed E-state index contributed by atoms with van der Waals surface area (Å²) < 4.78 is 7.81. The third-order valence-corrected chi connectivity index (χ3v) is 3.08. The highest BCUT2D eigenvalue weighted by molar-refractivity contribution is 5.30. The van der Waals surface area contributed by atoms with E-state index < -0.39 is 0 Å². The Morgan fingerprint density at radius 3 is 2.94 bits per heavy atom. The first-order valence-corrected chi connectivity index (χ1v) is 5.87. The van der Waals surface area contributed by atoms with Crippen LogP contribution in [0.2, 0.25) is 0 Å². The van der Waals surface area contributed by atoms with Crippen molar-refractivity contribution in [2.75, 3.05) is 0 Å². The Bertz CT molecular complexity index is 474. The van der Waals surface area contributed by atoms with Crippen LogP contribution < -0.4 is 4.74 Å². The number of imidazole rings is 1. The molecule has 0 aliphatic heterocycles. The Kier molecular flexibility index (Phi) is 2.48. The molecule has 2 aromatic rings. The van der Waals surface area contributed by atoms with Gasteiger partial charge >= 0.3 is 0 Å². The molecule has 2 aromatic heterocycles. The Labute approximate surface area is 94.3 Å². The van der Waals surface area contributed by atoms with Crippen molar-refractivity contribution in [3.63, 3.8) is 0 Å².